The summed E-state index contributed by atoms with van der Waals surface area (Å²) in [6.45, 7) is 9.21. The molecule has 0 spiro atoms. The van der Waals surface area contributed by atoms with Gasteiger partial charge < -0.3 is 5.32 Å². The molecular weight excluding hydrogens is 234 g/mol. The molecule has 1 rings (SSSR count). The van der Waals surface area contributed by atoms with Gasteiger partial charge in [0.1, 0.15) is 0 Å². The van der Waals surface area contributed by atoms with Gasteiger partial charge in [-0.25, -0.2) is 0 Å². The van der Waals surface area contributed by atoms with Crippen LogP contribution in [-0.2, 0) is 0 Å². The van der Waals surface area contributed by atoms with Crippen LogP contribution >= 0.6 is 0 Å². The number of hydrogen-bond acceptors (Lipinski definition) is 1. The summed E-state index contributed by atoms with van der Waals surface area (Å²) in [6, 6.07) is 6.03. The quantitative estimate of drug-likeness (QED) is 0.781. The lowest BCUT2D eigenvalue weighted by Gasteiger charge is -2.16. The molecule has 0 aromatic heterocycles. The maximum atomic E-state index is 12.2. The molecule has 0 bridgehead atoms. The zero-order chi connectivity index (χ0) is 14.3. The second-order valence-electron chi connectivity index (χ2n) is 5.44. The number of benzene rings is 1. The minimum absolute atomic E-state index is 0.0659. The predicted molar refractivity (Wildman–Crippen MR) is 81.6 cm³/mol. The molecule has 106 valence electrons. The van der Waals surface area contributed by atoms with E-state index >= 15 is 0 Å². The van der Waals surface area contributed by atoms with Crippen LogP contribution in [-0.4, -0.2) is 12.5 Å². The highest BCUT2D eigenvalue weighted by molar-refractivity contribution is 5.95. The first-order valence-corrected chi connectivity index (χ1v) is 7.43. The summed E-state index contributed by atoms with van der Waals surface area (Å²) in [7, 11) is 0. The second kappa shape index (κ2) is 7.98. The molecule has 1 aromatic rings. The molecule has 1 aromatic carbocycles. The lowest BCUT2D eigenvalue weighted by atomic mass is 9.99. The van der Waals surface area contributed by atoms with Crippen molar-refractivity contribution in [3.05, 3.63) is 34.9 Å². The van der Waals surface area contributed by atoms with Gasteiger partial charge in [0.05, 0.1) is 0 Å². The van der Waals surface area contributed by atoms with Gasteiger partial charge in [-0.05, 0) is 37.8 Å². The largest absolute Gasteiger partial charge is 0.352 e. The lowest BCUT2D eigenvalue weighted by molar-refractivity contribution is 0.0945. The van der Waals surface area contributed by atoms with Crippen molar-refractivity contribution in [2.45, 2.75) is 53.4 Å². The molecule has 2 heteroatoms. The van der Waals surface area contributed by atoms with Gasteiger partial charge >= 0.3 is 0 Å². The molecule has 0 aliphatic heterocycles. The normalized spacial score (nSPS) is 12.2. The van der Waals surface area contributed by atoms with Gasteiger partial charge in [0.25, 0.3) is 5.91 Å². The highest BCUT2D eigenvalue weighted by Crippen LogP contribution is 2.13. The SMILES string of the molecule is CCCC[C@H](CC)CNC(=O)c1cc(C)ccc1C. The summed E-state index contributed by atoms with van der Waals surface area (Å²) in [5.41, 5.74) is 2.99. The molecule has 0 fully saturated rings. The van der Waals surface area contributed by atoms with Crippen LogP contribution in [0.25, 0.3) is 0 Å². The van der Waals surface area contributed by atoms with Gasteiger partial charge in [-0.3, -0.25) is 4.79 Å². The number of aryl methyl sites for hydroxylation is 2. The molecule has 19 heavy (non-hydrogen) atoms. The van der Waals surface area contributed by atoms with Crippen LogP contribution in [0, 0.1) is 19.8 Å². The lowest BCUT2D eigenvalue weighted by Crippen LogP contribution is -2.29. The third-order valence-corrected chi connectivity index (χ3v) is 3.73. The smallest absolute Gasteiger partial charge is 0.251 e. The van der Waals surface area contributed by atoms with Gasteiger partial charge in [-0.2, -0.15) is 0 Å². The first-order valence-electron chi connectivity index (χ1n) is 7.43. The van der Waals surface area contributed by atoms with E-state index < -0.39 is 0 Å². The van der Waals surface area contributed by atoms with Crippen molar-refractivity contribution >= 4 is 5.91 Å². The third-order valence-electron chi connectivity index (χ3n) is 3.73. The molecule has 1 atom stereocenters. The van der Waals surface area contributed by atoms with Crippen molar-refractivity contribution in [2.24, 2.45) is 5.92 Å². The fraction of sp³-hybridized carbons (Fsp3) is 0.588. The number of unbranched alkanes of at least 4 members (excludes halogenated alkanes) is 1. The summed E-state index contributed by atoms with van der Waals surface area (Å²) in [6.07, 6.45) is 4.81. The van der Waals surface area contributed by atoms with Crippen molar-refractivity contribution in [3.8, 4) is 0 Å². The first-order chi connectivity index (χ1) is 9.08. The Balaban J connectivity index is 2.56. The van der Waals surface area contributed by atoms with Crippen molar-refractivity contribution in [1.82, 2.24) is 5.32 Å². The average Bonchev–Trinajstić information content (AvgIpc) is 2.41. The molecule has 1 N–H and O–H groups in total. The van der Waals surface area contributed by atoms with Crippen LogP contribution in [0.3, 0.4) is 0 Å². The van der Waals surface area contributed by atoms with Gasteiger partial charge in [0, 0.05) is 12.1 Å². The average molecular weight is 261 g/mol. The molecule has 0 heterocycles. The van der Waals surface area contributed by atoms with Crippen molar-refractivity contribution < 1.29 is 4.79 Å². The van der Waals surface area contributed by atoms with Crippen LogP contribution < -0.4 is 5.32 Å². The predicted octanol–water partition coefficient (Wildman–Crippen LogP) is 4.25. The van der Waals surface area contributed by atoms with E-state index in [9.17, 15) is 4.79 Å². The first kappa shape index (κ1) is 15.7. The fourth-order valence-corrected chi connectivity index (χ4v) is 2.26. The van der Waals surface area contributed by atoms with E-state index in [0.717, 1.165) is 29.7 Å². The molecule has 2 nitrogen and oxygen atoms in total. The highest BCUT2D eigenvalue weighted by atomic mass is 16.1. The van der Waals surface area contributed by atoms with Crippen molar-refractivity contribution in [2.75, 3.05) is 6.54 Å². The zero-order valence-electron chi connectivity index (χ0n) is 12.8. The summed E-state index contributed by atoms with van der Waals surface area (Å²) in [5, 5.41) is 3.09. The monoisotopic (exact) mass is 261 g/mol. The van der Waals surface area contributed by atoms with E-state index in [1.54, 1.807) is 0 Å². The number of nitrogens with one attached hydrogen (secondary N) is 1. The van der Waals surface area contributed by atoms with E-state index in [1.165, 1.54) is 19.3 Å². The molecule has 0 radical (unpaired) electrons. The van der Waals surface area contributed by atoms with Gasteiger partial charge in [0.15, 0.2) is 0 Å². The molecule has 0 aliphatic carbocycles. The summed E-state index contributed by atoms with van der Waals surface area (Å²) in [4.78, 5) is 12.2. The van der Waals surface area contributed by atoms with Crippen molar-refractivity contribution in [3.63, 3.8) is 0 Å². The number of rotatable bonds is 7. The van der Waals surface area contributed by atoms with Crippen LogP contribution in [0.1, 0.15) is 61.0 Å². The number of carbonyl (C=O) groups is 1. The van der Waals surface area contributed by atoms with Crippen LogP contribution in [0.4, 0.5) is 0 Å². The molecule has 0 saturated heterocycles. The minimum atomic E-state index is 0.0659. The van der Waals surface area contributed by atoms with Crippen molar-refractivity contribution in [1.29, 1.82) is 0 Å². The Morgan fingerprint density at radius 1 is 1.26 bits per heavy atom. The third kappa shape index (κ3) is 5.06. The Labute approximate surface area is 117 Å². The van der Waals surface area contributed by atoms with Gasteiger partial charge in [0.2, 0.25) is 0 Å². The molecule has 0 saturated carbocycles. The van der Waals surface area contributed by atoms with E-state index in [-0.39, 0.29) is 5.91 Å². The van der Waals surface area contributed by atoms with Gasteiger partial charge in [-0.1, -0.05) is 50.8 Å². The summed E-state index contributed by atoms with van der Waals surface area (Å²) >= 11 is 0. The molecular formula is C17H27NO. The molecule has 0 unspecified atom stereocenters. The second-order valence-corrected chi connectivity index (χ2v) is 5.44. The van der Waals surface area contributed by atoms with E-state index in [1.807, 2.05) is 32.0 Å². The molecule has 0 aliphatic rings. The molecule has 1 amide bonds. The number of carbonyl (C=O) groups excluding carboxylic acids is 1. The van der Waals surface area contributed by atoms with Crippen LogP contribution in [0.15, 0.2) is 18.2 Å². The number of amides is 1. The topological polar surface area (TPSA) is 29.1 Å². The van der Waals surface area contributed by atoms with Crippen LogP contribution in [0.5, 0.6) is 0 Å². The Kier molecular flexibility index (Phi) is 6.61. The summed E-state index contributed by atoms with van der Waals surface area (Å²) in [5.74, 6) is 0.671. The highest BCUT2D eigenvalue weighted by Gasteiger charge is 2.11. The van der Waals surface area contributed by atoms with E-state index in [2.05, 4.69) is 19.2 Å². The van der Waals surface area contributed by atoms with E-state index in [0.29, 0.717) is 5.92 Å². The standard InChI is InChI=1S/C17H27NO/c1-5-7-8-15(6-2)12-18-17(19)16-11-13(3)9-10-14(16)4/h9-11,15H,5-8,12H2,1-4H3,(H,18,19)/t15-/m0/s1. The zero-order valence-corrected chi connectivity index (χ0v) is 12.8. The Bertz CT molecular complexity index is 412. The number of hydrogen-bond donors (Lipinski definition) is 1. The van der Waals surface area contributed by atoms with Crippen LogP contribution in [0.2, 0.25) is 0 Å². The maximum Gasteiger partial charge on any atom is 0.251 e. The minimum Gasteiger partial charge on any atom is -0.352 e. The Morgan fingerprint density at radius 2 is 2.00 bits per heavy atom. The van der Waals surface area contributed by atoms with E-state index in [4.69, 9.17) is 0 Å². The Hall–Kier alpha value is -1.31. The van der Waals surface area contributed by atoms with Gasteiger partial charge in [-0.15, -0.1) is 0 Å². The maximum absolute atomic E-state index is 12.2. The summed E-state index contributed by atoms with van der Waals surface area (Å²) < 4.78 is 0. The fourth-order valence-electron chi connectivity index (χ4n) is 2.26. The Morgan fingerprint density at radius 3 is 2.63 bits per heavy atom.